The third-order valence-electron chi connectivity index (χ3n) is 3.57. The SMILES string of the molecule is C[C@@H](C[C@H](C)C(=O)Nc1ccccc1C(C)(C)C)C(=O)O. The molecule has 0 unspecified atom stereocenters. The minimum Gasteiger partial charge on any atom is -0.481 e. The molecule has 1 aromatic carbocycles. The van der Waals surface area contributed by atoms with Crippen molar-refractivity contribution in [3.63, 3.8) is 0 Å². The van der Waals surface area contributed by atoms with Crippen molar-refractivity contribution in [1.82, 2.24) is 0 Å². The van der Waals surface area contributed by atoms with Crippen LogP contribution in [0.1, 0.15) is 46.6 Å². The molecule has 0 saturated carbocycles. The molecule has 0 aliphatic heterocycles. The van der Waals surface area contributed by atoms with Gasteiger partial charge in [-0.25, -0.2) is 0 Å². The molecule has 116 valence electrons. The Morgan fingerprint density at radius 1 is 1.14 bits per heavy atom. The van der Waals surface area contributed by atoms with Crippen molar-refractivity contribution in [3.05, 3.63) is 29.8 Å². The van der Waals surface area contributed by atoms with Crippen LogP contribution in [0.3, 0.4) is 0 Å². The minimum atomic E-state index is -0.871. The van der Waals surface area contributed by atoms with Crippen LogP contribution < -0.4 is 5.32 Å². The van der Waals surface area contributed by atoms with E-state index in [2.05, 4.69) is 26.1 Å². The number of carbonyl (C=O) groups is 2. The maximum Gasteiger partial charge on any atom is 0.306 e. The fourth-order valence-electron chi connectivity index (χ4n) is 2.24. The summed E-state index contributed by atoms with van der Waals surface area (Å²) >= 11 is 0. The Morgan fingerprint density at radius 3 is 2.24 bits per heavy atom. The predicted octanol–water partition coefficient (Wildman–Crippen LogP) is 3.67. The van der Waals surface area contributed by atoms with Crippen LogP contribution in [0.25, 0.3) is 0 Å². The molecule has 0 bridgehead atoms. The van der Waals surface area contributed by atoms with Gasteiger partial charge >= 0.3 is 5.97 Å². The molecular formula is C17H25NO3. The van der Waals surface area contributed by atoms with Gasteiger partial charge in [0.15, 0.2) is 0 Å². The summed E-state index contributed by atoms with van der Waals surface area (Å²) in [6.45, 7) is 9.65. The number of hydrogen-bond donors (Lipinski definition) is 2. The second kappa shape index (κ2) is 6.74. The number of nitrogens with one attached hydrogen (secondary N) is 1. The lowest BCUT2D eigenvalue weighted by atomic mass is 9.85. The molecule has 4 nitrogen and oxygen atoms in total. The van der Waals surface area contributed by atoms with Crippen LogP contribution in [0.15, 0.2) is 24.3 Å². The van der Waals surface area contributed by atoms with Gasteiger partial charge in [-0.3, -0.25) is 9.59 Å². The number of benzene rings is 1. The molecule has 1 amide bonds. The highest BCUT2D eigenvalue weighted by atomic mass is 16.4. The third-order valence-corrected chi connectivity index (χ3v) is 3.57. The first kappa shape index (κ1) is 17.2. The van der Waals surface area contributed by atoms with Gasteiger partial charge in [-0.05, 0) is 23.5 Å². The van der Waals surface area contributed by atoms with Gasteiger partial charge in [-0.1, -0.05) is 52.8 Å². The quantitative estimate of drug-likeness (QED) is 0.870. The summed E-state index contributed by atoms with van der Waals surface area (Å²) in [5, 5.41) is 11.9. The van der Waals surface area contributed by atoms with E-state index >= 15 is 0 Å². The van der Waals surface area contributed by atoms with Crippen molar-refractivity contribution in [2.45, 2.75) is 46.5 Å². The maximum atomic E-state index is 12.2. The standard InChI is InChI=1S/C17H25NO3/c1-11(10-12(2)16(20)21)15(19)18-14-9-7-6-8-13(14)17(3,4)5/h6-9,11-12H,10H2,1-5H3,(H,18,19)(H,20,21)/t11-,12-/m0/s1. The second-order valence-electron chi connectivity index (χ2n) is 6.66. The fourth-order valence-corrected chi connectivity index (χ4v) is 2.24. The highest BCUT2D eigenvalue weighted by Crippen LogP contribution is 2.29. The third kappa shape index (κ3) is 4.88. The number of carboxylic acids is 1. The number of hydrogen-bond acceptors (Lipinski definition) is 2. The number of para-hydroxylation sites is 1. The summed E-state index contributed by atoms with van der Waals surface area (Å²) in [6, 6.07) is 7.72. The summed E-state index contributed by atoms with van der Waals surface area (Å²) in [7, 11) is 0. The van der Waals surface area contributed by atoms with Crippen LogP contribution in [0, 0.1) is 11.8 Å². The summed E-state index contributed by atoms with van der Waals surface area (Å²) < 4.78 is 0. The van der Waals surface area contributed by atoms with Gasteiger partial charge in [0, 0.05) is 11.6 Å². The van der Waals surface area contributed by atoms with Gasteiger partial charge in [0.25, 0.3) is 0 Å². The molecule has 0 heterocycles. The molecule has 0 radical (unpaired) electrons. The zero-order chi connectivity index (χ0) is 16.2. The van der Waals surface area contributed by atoms with E-state index in [0.29, 0.717) is 6.42 Å². The molecule has 0 aliphatic carbocycles. The van der Waals surface area contributed by atoms with Crippen molar-refractivity contribution >= 4 is 17.6 Å². The lowest BCUT2D eigenvalue weighted by Crippen LogP contribution is -2.26. The topological polar surface area (TPSA) is 66.4 Å². The first-order chi connectivity index (χ1) is 9.62. The van der Waals surface area contributed by atoms with Gasteiger partial charge in [-0.2, -0.15) is 0 Å². The number of carbonyl (C=O) groups excluding carboxylic acids is 1. The van der Waals surface area contributed by atoms with E-state index in [4.69, 9.17) is 5.11 Å². The van der Waals surface area contributed by atoms with E-state index in [1.807, 2.05) is 24.3 Å². The van der Waals surface area contributed by atoms with Gasteiger partial charge in [0.1, 0.15) is 0 Å². The molecule has 0 aromatic heterocycles. The smallest absolute Gasteiger partial charge is 0.306 e. The number of amides is 1. The Kier molecular flexibility index (Phi) is 5.53. The van der Waals surface area contributed by atoms with E-state index in [1.54, 1.807) is 13.8 Å². The number of aliphatic carboxylic acids is 1. The normalized spacial score (nSPS) is 14.3. The average molecular weight is 291 g/mol. The molecule has 1 rings (SSSR count). The molecule has 21 heavy (non-hydrogen) atoms. The van der Waals surface area contributed by atoms with Crippen molar-refractivity contribution in [1.29, 1.82) is 0 Å². The molecular weight excluding hydrogens is 266 g/mol. The first-order valence-electron chi connectivity index (χ1n) is 7.26. The Labute approximate surface area is 126 Å². The summed E-state index contributed by atoms with van der Waals surface area (Å²) in [4.78, 5) is 23.1. The first-order valence-corrected chi connectivity index (χ1v) is 7.26. The molecule has 1 aromatic rings. The monoisotopic (exact) mass is 291 g/mol. The van der Waals surface area contributed by atoms with Crippen LogP contribution in [-0.2, 0) is 15.0 Å². The molecule has 0 fully saturated rings. The molecule has 2 N–H and O–H groups in total. The fraction of sp³-hybridized carbons (Fsp3) is 0.529. The predicted molar refractivity (Wildman–Crippen MR) is 84.4 cm³/mol. The maximum absolute atomic E-state index is 12.2. The zero-order valence-corrected chi connectivity index (χ0v) is 13.4. The van der Waals surface area contributed by atoms with Gasteiger partial charge < -0.3 is 10.4 Å². The van der Waals surface area contributed by atoms with Crippen molar-refractivity contribution in [2.24, 2.45) is 11.8 Å². The Hall–Kier alpha value is -1.84. The van der Waals surface area contributed by atoms with Crippen LogP contribution >= 0.6 is 0 Å². The van der Waals surface area contributed by atoms with Crippen molar-refractivity contribution in [3.8, 4) is 0 Å². The van der Waals surface area contributed by atoms with Crippen molar-refractivity contribution in [2.75, 3.05) is 5.32 Å². The summed E-state index contributed by atoms with van der Waals surface area (Å²) in [5.74, 6) is -1.88. The average Bonchev–Trinajstić information content (AvgIpc) is 2.37. The molecule has 0 saturated heterocycles. The molecule has 4 heteroatoms. The molecule has 0 spiro atoms. The largest absolute Gasteiger partial charge is 0.481 e. The zero-order valence-electron chi connectivity index (χ0n) is 13.4. The van der Waals surface area contributed by atoms with E-state index in [1.165, 1.54) is 0 Å². The van der Waals surface area contributed by atoms with E-state index in [0.717, 1.165) is 11.3 Å². The number of carboxylic acid groups (broad SMARTS) is 1. The van der Waals surface area contributed by atoms with E-state index < -0.39 is 11.9 Å². The minimum absolute atomic E-state index is 0.0680. The number of anilines is 1. The van der Waals surface area contributed by atoms with Gasteiger partial charge in [0.2, 0.25) is 5.91 Å². The van der Waals surface area contributed by atoms with Crippen molar-refractivity contribution < 1.29 is 14.7 Å². The van der Waals surface area contributed by atoms with E-state index in [9.17, 15) is 9.59 Å². The summed E-state index contributed by atoms with van der Waals surface area (Å²) in [5.41, 5.74) is 1.79. The highest BCUT2D eigenvalue weighted by Gasteiger charge is 2.23. The second-order valence-corrected chi connectivity index (χ2v) is 6.66. The Morgan fingerprint density at radius 2 is 1.71 bits per heavy atom. The van der Waals surface area contributed by atoms with E-state index in [-0.39, 0.29) is 17.2 Å². The van der Waals surface area contributed by atoms with Crippen LogP contribution in [-0.4, -0.2) is 17.0 Å². The Bertz CT molecular complexity index is 517. The number of rotatable bonds is 5. The lowest BCUT2D eigenvalue weighted by Gasteiger charge is -2.24. The van der Waals surface area contributed by atoms with Crippen LogP contribution in [0.2, 0.25) is 0 Å². The van der Waals surface area contributed by atoms with Gasteiger partial charge in [-0.15, -0.1) is 0 Å². The van der Waals surface area contributed by atoms with Crippen LogP contribution in [0.5, 0.6) is 0 Å². The van der Waals surface area contributed by atoms with Crippen LogP contribution in [0.4, 0.5) is 5.69 Å². The lowest BCUT2D eigenvalue weighted by molar-refractivity contribution is -0.141. The summed E-state index contributed by atoms with van der Waals surface area (Å²) in [6.07, 6.45) is 0.332. The molecule has 0 aliphatic rings. The van der Waals surface area contributed by atoms with Gasteiger partial charge in [0.05, 0.1) is 5.92 Å². The highest BCUT2D eigenvalue weighted by molar-refractivity contribution is 5.93. The Balaban J connectivity index is 2.82. The molecule has 2 atom stereocenters.